The summed E-state index contributed by atoms with van der Waals surface area (Å²) in [5.41, 5.74) is 2.20. The summed E-state index contributed by atoms with van der Waals surface area (Å²) >= 11 is 6.11. The summed E-state index contributed by atoms with van der Waals surface area (Å²) in [5, 5.41) is 7.76. The lowest BCUT2D eigenvalue weighted by Crippen LogP contribution is -2.52. The highest BCUT2D eigenvalue weighted by Crippen LogP contribution is 2.22. The Bertz CT molecular complexity index is 988. The molecule has 3 aromatic rings. The predicted molar refractivity (Wildman–Crippen MR) is 123 cm³/mol. The minimum absolute atomic E-state index is 0.0244. The summed E-state index contributed by atoms with van der Waals surface area (Å²) in [6.07, 6.45) is 3.22. The van der Waals surface area contributed by atoms with Crippen molar-refractivity contribution in [1.29, 1.82) is 0 Å². The van der Waals surface area contributed by atoms with Crippen molar-refractivity contribution in [1.82, 2.24) is 29.9 Å². The van der Waals surface area contributed by atoms with Crippen LogP contribution in [0.3, 0.4) is 0 Å². The summed E-state index contributed by atoms with van der Waals surface area (Å²) in [7, 11) is 0. The molecule has 0 atom stereocenters. The van der Waals surface area contributed by atoms with Crippen molar-refractivity contribution in [3.8, 4) is 5.75 Å². The molecule has 0 radical (unpaired) electrons. The van der Waals surface area contributed by atoms with Gasteiger partial charge in [-0.15, -0.1) is 0 Å². The molecule has 8 nitrogen and oxygen atoms in total. The molecule has 1 N–H and O–H groups in total. The monoisotopic (exact) mass is 454 g/mol. The fourth-order valence-electron chi connectivity index (χ4n) is 3.57. The zero-order valence-corrected chi connectivity index (χ0v) is 18.6. The summed E-state index contributed by atoms with van der Waals surface area (Å²) in [6, 6.07) is 15.6. The Hall–Kier alpha value is -3.10. The minimum Gasteiger partial charge on any atom is -0.491 e. The van der Waals surface area contributed by atoms with Crippen molar-refractivity contribution in [2.24, 2.45) is 0 Å². The molecule has 9 heteroatoms. The smallest absolute Gasteiger partial charge is 0.317 e. The molecule has 4 rings (SSSR count). The number of carbonyl (C=O) groups is 1. The van der Waals surface area contributed by atoms with Gasteiger partial charge in [0.1, 0.15) is 25.0 Å². The van der Waals surface area contributed by atoms with Crippen molar-refractivity contribution in [2.75, 3.05) is 39.3 Å². The van der Waals surface area contributed by atoms with Crippen LogP contribution in [0.4, 0.5) is 4.79 Å². The maximum absolute atomic E-state index is 12.5. The highest BCUT2D eigenvalue weighted by atomic mass is 35.5. The number of aromatic nitrogens is 3. The van der Waals surface area contributed by atoms with Gasteiger partial charge < -0.3 is 15.0 Å². The average Bonchev–Trinajstić information content (AvgIpc) is 3.33. The molecule has 32 heavy (non-hydrogen) atoms. The van der Waals surface area contributed by atoms with Gasteiger partial charge >= 0.3 is 6.03 Å². The fraction of sp³-hybridized carbons (Fsp3) is 0.348. The second kappa shape index (κ2) is 11.0. The number of urea groups is 1. The number of benzene rings is 2. The van der Waals surface area contributed by atoms with E-state index in [4.69, 9.17) is 16.3 Å². The number of piperazine rings is 1. The van der Waals surface area contributed by atoms with E-state index in [0.29, 0.717) is 43.6 Å². The number of carbonyl (C=O) groups excluding carboxylic acids is 1. The standard InChI is InChI=1S/C23H27ClN6O2/c24-21-3-1-2-4-22(21)32-14-13-28-9-11-29(12-10-28)23(31)26-15-19-5-7-20(8-6-19)16-30-18-25-17-27-30/h1-8,17-18H,9-16H2,(H,26,31). The normalized spacial score (nSPS) is 14.3. The minimum atomic E-state index is -0.0244. The van der Waals surface area contributed by atoms with Gasteiger partial charge in [0.25, 0.3) is 0 Å². The van der Waals surface area contributed by atoms with Gasteiger partial charge in [0.2, 0.25) is 0 Å². The van der Waals surface area contributed by atoms with Gasteiger partial charge in [-0.1, -0.05) is 48.0 Å². The van der Waals surface area contributed by atoms with Crippen molar-refractivity contribution in [3.05, 3.63) is 77.3 Å². The van der Waals surface area contributed by atoms with Crippen molar-refractivity contribution < 1.29 is 9.53 Å². The number of halogens is 1. The first-order valence-corrected chi connectivity index (χ1v) is 11.1. The zero-order valence-electron chi connectivity index (χ0n) is 17.9. The number of hydrogen-bond donors (Lipinski definition) is 1. The van der Waals surface area contributed by atoms with E-state index >= 15 is 0 Å². The van der Waals surface area contributed by atoms with Gasteiger partial charge in [0.15, 0.2) is 0 Å². The van der Waals surface area contributed by atoms with Crippen LogP contribution in [-0.2, 0) is 13.1 Å². The number of nitrogens with zero attached hydrogens (tertiary/aromatic N) is 5. The van der Waals surface area contributed by atoms with Gasteiger partial charge in [0.05, 0.1) is 11.6 Å². The van der Waals surface area contributed by atoms with Crippen molar-refractivity contribution in [3.63, 3.8) is 0 Å². The highest BCUT2D eigenvalue weighted by Gasteiger charge is 2.20. The van der Waals surface area contributed by atoms with Crippen LogP contribution in [0.2, 0.25) is 5.02 Å². The van der Waals surface area contributed by atoms with Gasteiger partial charge in [-0.3, -0.25) is 4.90 Å². The zero-order chi connectivity index (χ0) is 22.2. The van der Waals surface area contributed by atoms with Crippen LogP contribution in [0.25, 0.3) is 0 Å². The van der Waals surface area contributed by atoms with E-state index in [1.807, 2.05) is 53.4 Å². The molecule has 168 valence electrons. The Balaban J connectivity index is 1.14. The molecule has 0 saturated carbocycles. The number of amides is 2. The van der Waals surface area contributed by atoms with Gasteiger partial charge in [0, 0.05) is 39.3 Å². The van der Waals surface area contributed by atoms with Crippen molar-refractivity contribution >= 4 is 17.6 Å². The van der Waals surface area contributed by atoms with E-state index in [0.717, 1.165) is 30.8 Å². The maximum Gasteiger partial charge on any atom is 0.317 e. The van der Waals surface area contributed by atoms with E-state index in [1.165, 1.54) is 6.33 Å². The first kappa shape index (κ1) is 22.1. The lowest BCUT2D eigenvalue weighted by atomic mass is 10.1. The molecular formula is C23H27ClN6O2. The third-order valence-corrected chi connectivity index (χ3v) is 5.75. The average molecular weight is 455 g/mol. The topological polar surface area (TPSA) is 75.5 Å². The van der Waals surface area contributed by atoms with E-state index in [9.17, 15) is 4.79 Å². The molecule has 0 unspecified atom stereocenters. The molecule has 2 heterocycles. The molecule has 2 aromatic carbocycles. The SMILES string of the molecule is O=C(NCc1ccc(Cn2cncn2)cc1)N1CCN(CCOc2ccccc2Cl)CC1. The second-order valence-electron chi connectivity index (χ2n) is 7.68. The van der Waals surface area contributed by atoms with Gasteiger partial charge in [-0.05, 0) is 23.3 Å². The van der Waals surface area contributed by atoms with E-state index < -0.39 is 0 Å². The van der Waals surface area contributed by atoms with E-state index in [-0.39, 0.29) is 6.03 Å². The Morgan fingerprint density at radius 3 is 2.50 bits per heavy atom. The number of ether oxygens (including phenoxy) is 1. The molecule has 1 fully saturated rings. The van der Waals surface area contributed by atoms with E-state index in [2.05, 4.69) is 20.3 Å². The first-order chi connectivity index (χ1) is 15.7. The van der Waals surface area contributed by atoms with Crippen LogP contribution in [0.1, 0.15) is 11.1 Å². The number of nitrogens with one attached hydrogen (secondary N) is 1. The quantitative estimate of drug-likeness (QED) is 0.566. The van der Waals surface area contributed by atoms with Crippen LogP contribution >= 0.6 is 11.6 Å². The van der Waals surface area contributed by atoms with Gasteiger partial charge in [-0.2, -0.15) is 5.10 Å². The third kappa shape index (κ3) is 6.21. The Labute approximate surface area is 192 Å². The third-order valence-electron chi connectivity index (χ3n) is 5.44. The van der Waals surface area contributed by atoms with Crippen LogP contribution in [0.15, 0.2) is 61.2 Å². The molecule has 1 saturated heterocycles. The van der Waals surface area contributed by atoms with E-state index in [1.54, 1.807) is 11.0 Å². The highest BCUT2D eigenvalue weighted by molar-refractivity contribution is 6.32. The van der Waals surface area contributed by atoms with Crippen LogP contribution < -0.4 is 10.1 Å². The molecule has 2 amide bonds. The molecule has 0 aliphatic carbocycles. The van der Waals surface area contributed by atoms with Gasteiger partial charge in [-0.25, -0.2) is 14.5 Å². The molecule has 1 aromatic heterocycles. The van der Waals surface area contributed by atoms with Crippen molar-refractivity contribution in [2.45, 2.75) is 13.1 Å². The molecule has 1 aliphatic heterocycles. The Morgan fingerprint density at radius 1 is 1.03 bits per heavy atom. The second-order valence-corrected chi connectivity index (χ2v) is 8.08. The maximum atomic E-state index is 12.5. The summed E-state index contributed by atoms with van der Waals surface area (Å²) < 4.78 is 7.54. The molecular weight excluding hydrogens is 428 g/mol. The Morgan fingerprint density at radius 2 is 1.78 bits per heavy atom. The Kier molecular flexibility index (Phi) is 7.58. The number of para-hydroxylation sites is 1. The largest absolute Gasteiger partial charge is 0.491 e. The predicted octanol–water partition coefficient (Wildman–Crippen LogP) is 2.89. The first-order valence-electron chi connectivity index (χ1n) is 10.7. The van der Waals surface area contributed by atoms with Crippen LogP contribution in [0, 0.1) is 0 Å². The number of hydrogen-bond acceptors (Lipinski definition) is 5. The molecule has 1 aliphatic rings. The summed E-state index contributed by atoms with van der Waals surface area (Å²) in [5.74, 6) is 0.707. The lowest BCUT2D eigenvalue weighted by Gasteiger charge is -2.34. The summed E-state index contributed by atoms with van der Waals surface area (Å²) in [4.78, 5) is 20.6. The number of rotatable bonds is 8. The molecule has 0 spiro atoms. The van der Waals surface area contributed by atoms with Crippen LogP contribution in [-0.4, -0.2) is 69.9 Å². The molecule has 0 bridgehead atoms. The summed E-state index contributed by atoms with van der Waals surface area (Å²) in [6.45, 7) is 5.63. The lowest BCUT2D eigenvalue weighted by molar-refractivity contribution is 0.126. The van der Waals surface area contributed by atoms with Crippen LogP contribution in [0.5, 0.6) is 5.75 Å². The fourth-order valence-corrected chi connectivity index (χ4v) is 3.76.